The fourth-order valence-corrected chi connectivity index (χ4v) is 4.88. The molecule has 0 aliphatic rings. The van der Waals surface area contributed by atoms with Gasteiger partial charge in [-0.3, -0.25) is 9.59 Å². The first-order valence-electron chi connectivity index (χ1n) is 13.7. The van der Waals surface area contributed by atoms with Gasteiger partial charge in [0.2, 0.25) is 5.91 Å². The molecule has 0 heterocycles. The van der Waals surface area contributed by atoms with Crippen molar-refractivity contribution >= 4 is 35.4 Å². The maximum absolute atomic E-state index is 14.3. The molecule has 2 N–H and O–H groups in total. The normalized spacial score (nSPS) is 12.7. The van der Waals surface area contributed by atoms with E-state index >= 15 is 0 Å². The summed E-state index contributed by atoms with van der Waals surface area (Å²) < 4.78 is 10.7. The molecule has 9 heteroatoms. The zero-order valence-electron chi connectivity index (χ0n) is 25.1. The number of thioether (sulfide) groups is 1. The lowest BCUT2D eigenvalue weighted by atomic mass is 9.93. The van der Waals surface area contributed by atoms with Gasteiger partial charge < -0.3 is 25.0 Å². The smallest absolute Gasteiger partial charge is 0.408 e. The number of anilines is 1. The molecule has 0 radical (unpaired) electrons. The highest BCUT2D eigenvalue weighted by molar-refractivity contribution is 7.98. The maximum Gasteiger partial charge on any atom is 0.408 e. The predicted molar refractivity (Wildman–Crippen MR) is 163 cm³/mol. The van der Waals surface area contributed by atoms with Crippen molar-refractivity contribution < 1.29 is 23.9 Å². The Kier molecular flexibility index (Phi) is 12.8. The summed E-state index contributed by atoms with van der Waals surface area (Å²) in [5.74, 6) is 0.688. The van der Waals surface area contributed by atoms with Crippen LogP contribution < -0.4 is 15.4 Å². The van der Waals surface area contributed by atoms with Crippen LogP contribution in [0.3, 0.4) is 0 Å². The summed E-state index contributed by atoms with van der Waals surface area (Å²) in [5.41, 5.74) is 2.47. The number of benzene rings is 2. The largest absolute Gasteiger partial charge is 0.497 e. The molecule has 0 fully saturated rings. The SMILES string of the molecule is CCCCN(C(=O)C(CCSC)NC(=O)OC(C)(C)C)C(C(=O)Nc1ccc(OC)cc1)c1c(C)cccc1C. The molecule has 0 saturated carbocycles. The molecule has 220 valence electrons. The predicted octanol–water partition coefficient (Wildman–Crippen LogP) is 6.27. The first-order valence-corrected chi connectivity index (χ1v) is 15.1. The number of carbonyl (C=O) groups excluding carboxylic acids is 3. The van der Waals surface area contributed by atoms with Crippen LogP contribution in [-0.4, -0.2) is 60.1 Å². The fourth-order valence-electron chi connectivity index (χ4n) is 4.41. The van der Waals surface area contributed by atoms with Crippen LogP contribution in [-0.2, 0) is 14.3 Å². The monoisotopic (exact) mass is 571 g/mol. The van der Waals surface area contributed by atoms with Gasteiger partial charge in [0.1, 0.15) is 23.4 Å². The van der Waals surface area contributed by atoms with Gasteiger partial charge in [-0.2, -0.15) is 11.8 Å². The topological polar surface area (TPSA) is 97.0 Å². The van der Waals surface area contributed by atoms with Crippen LogP contribution in [0.2, 0.25) is 0 Å². The summed E-state index contributed by atoms with van der Waals surface area (Å²) in [6.07, 6.45) is 3.23. The Morgan fingerprint density at radius 3 is 2.17 bits per heavy atom. The van der Waals surface area contributed by atoms with E-state index in [0.717, 1.165) is 23.1 Å². The van der Waals surface area contributed by atoms with Crippen molar-refractivity contribution in [3.05, 3.63) is 59.2 Å². The van der Waals surface area contributed by atoms with E-state index in [4.69, 9.17) is 9.47 Å². The Hall–Kier alpha value is -3.20. The van der Waals surface area contributed by atoms with E-state index in [9.17, 15) is 14.4 Å². The molecule has 40 heavy (non-hydrogen) atoms. The molecule has 2 aromatic rings. The Labute approximate surface area is 243 Å². The van der Waals surface area contributed by atoms with Crippen LogP contribution in [0, 0.1) is 13.8 Å². The summed E-state index contributed by atoms with van der Waals surface area (Å²) in [6, 6.07) is 11.2. The highest BCUT2D eigenvalue weighted by atomic mass is 32.2. The molecule has 2 atom stereocenters. The third kappa shape index (κ3) is 9.77. The molecule has 0 bridgehead atoms. The van der Waals surface area contributed by atoms with Crippen molar-refractivity contribution in [1.82, 2.24) is 10.2 Å². The van der Waals surface area contributed by atoms with E-state index in [0.29, 0.717) is 36.6 Å². The maximum atomic E-state index is 14.3. The molecule has 0 aromatic heterocycles. The van der Waals surface area contributed by atoms with Crippen molar-refractivity contribution in [2.24, 2.45) is 0 Å². The number of unbranched alkanes of at least 4 members (excludes halogenated alkanes) is 1. The van der Waals surface area contributed by atoms with E-state index in [1.165, 1.54) is 0 Å². The standard InChI is InChI=1S/C31H45N3O5S/c1-9-10-19-34(29(36)25(18-20-40-8)33-30(37)39-31(4,5)6)27(26-21(2)12-11-13-22(26)3)28(35)32-23-14-16-24(38-7)17-15-23/h11-17,25,27H,9-10,18-20H2,1-8H3,(H,32,35)(H,33,37). The molecule has 8 nitrogen and oxygen atoms in total. The van der Waals surface area contributed by atoms with Gasteiger partial charge in [0.25, 0.3) is 5.91 Å². The van der Waals surface area contributed by atoms with Gasteiger partial charge in [-0.05, 0) is 100 Å². The second-order valence-corrected chi connectivity index (χ2v) is 11.8. The molecule has 2 rings (SSSR count). The number of aryl methyl sites for hydroxylation is 2. The number of rotatable bonds is 13. The van der Waals surface area contributed by atoms with E-state index in [1.54, 1.807) is 68.8 Å². The average molecular weight is 572 g/mol. The highest BCUT2D eigenvalue weighted by Crippen LogP contribution is 2.30. The van der Waals surface area contributed by atoms with E-state index in [2.05, 4.69) is 10.6 Å². The Morgan fingerprint density at radius 2 is 1.65 bits per heavy atom. The van der Waals surface area contributed by atoms with Gasteiger partial charge in [-0.15, -0.1) is 0 Å². The number of ether oxygens (including phenoxy) is 2. The first kappa shape index (κ1) is 33.0. The summed E-state index contributed by atoms with van der Waals surface area (Å²) in [4.78, 5) is 42.7. The highest BCUT2D eigenvalue weighted by Gasteiger charge is 2.37. The lowest BCUT2D eigenvalue weighted by Crippen LogP contribution is -2.53. The van der Waals surface area contributed by atoms with Crippen molar-refractivity contribution in [1.29, 1.82) is 0 Å². The number of nitrogens with zero attached hydrogens (tertiary/aromatic N) is 1. The van der Waals surface area contributed by atoms with Gasteiger partial charge in [-0.1, -0.05) is 31.5 Å². The third-order valence-electron chi connectivity index (χ3n) is 6.37. The van der Waals surface area contributed by atoms with Gasteiger partial charge >= 0.3 is 6.09 Å². The van der Waals surface area contributed by atoms with Crippen LogP contribution in [0.25, 0.3) is 0 Å². The van der Waals surface area contributed by atoms with Crippen LogP contribution in [0.1, 0.15) is 69.7 Å². The zero-order valence-corrected chi connectivity index (χ0v) is 25.9. The second-order valence-electron chi connectivity index (χ2n) is 10.8. The molecule has 2 unspecified atom stereocenters. The Morgan fingerprint density at radius 1 is 1.02 bits per heavy atom. The molecule has 2 aromatic carbocycles. The molecule has 0 spiro atoms. The third-order valence-corrected chi connectivity index (χ3v) is 7.01. The van der Waals surface area contributed by atoms with E-state index in [1.807, 2.05) is 45.2 Å². The van der Waals surface area contributed by atoms with Crippen molar-refractivity contribution in [2.45, 2.75) is 78.5 Å². The number of hydrogen-bond acceptors (Lipinski definition) is 6. The Bertz CT molecular complexity index is 1110. The molecular formula is C31H45N3O5S. The Balaban J connectivity index is 2.56. The average Bonchev–Trinajstić information content (AvgIpc) is 2.89. The van der Waals surface area contributed by atoms with Crippen molar-refractivity contribution in [3.63, 3.8) is 0 Å². The lowest BCUT2D eigenvalue weighted by Gasteiger charge is -2.36. The molecule has 0 aliphatic carbocycles. The number of carbonyl (C=O) groups is 3. The van der Waals surface area contributed by atoms with E-state index < -0.39 is 23.8 Å². The number of amides is 3. The van der Waals surface area contributed by atoms with Crippen molar-refractivity contribution in [2.75, 3.05) is 31.0 Å². The van der Waals surface area contributed by atoms with Gasteiger partial charge in [0, 0.05) is 12.2 Å². The summed E-state index contributed by atoms with van der Waals surface area (Å²) in [6.45, 7) is 11.6. The number of nitrogens with one attached hydrogen (secondary N) is 2. The van der Waals surface area contributed by atoms with Gasteiger partial charge in [0.05, 0.1) is 7.11 Å². The zero-order chi connectivity index (χ0) is 29.9. The molecular weight excluding hydrogens is 526 g/mol. The van der Waals surface area contributed by atoms with Crippen LogP contribution in [0.15, 0.2) is 42.5 Å². The molecule has 0 saturated heterocycles. The minimum atomic E-state index is -0.903. The molecule has 0 aliphatic heterocycles. The second kappa shape index (κ2) is 15.6. The summed E-state index contributed by atoms with van der Waals surface area (Å²) >= 11 is 1.59. The van der Waals surface area contributed by atoms with E-state index in [-0.39, 0.29) is 11.8 Å². The lowest BCUT2D eigenvalue weighted by molar-refractivity contribution is -0.141. The fraction of sp³-hybridized carbons (Fsp3) is 0.516. The van der Waals surface area contributed by atoms with Crippen LogP contribution in [0.5, 0.6) is 5.75 Å². The van der Waals surface area contributed by atoms with Gasteiger partial charge in [-0.25, -0.2) is 4.79 Å². The quantitative estimate of drug-likeness (QED) is 0.294. The number of hydrogen-bond donors (Lipinski definition) is 2. The van der Waals surface area contributed by atoms with Crippen molar-refractivity contribution in [3.8, 4) is 5.75 Å². The van der Waals surface area contributed by atoms with Crippen LogP contribution >= 0.6 is 11.8 Å². The first-order chi connectivity index (χ1) is 18.9. The summed E-state index contributed by atoms with van der Waals surface area (Å²) in [7, 11) is 1.58. The summed E-state index contributed by atoms with van der Waals surface area (Å²) in [5, 5.41) is 5.80. The minimum absolute atomic E-state index is 0.314. The minimum Gasteiger partial charge on any atom is -0.497 e. The van der Waals surface area contributed by atoms with Gasteiger partial charge in [0.15, 0.2) is 0 Å². The number of alkyl carbamates (subject to hydrolysis) is 1. The molecule has 3 amide bonds. The van der Waals surface area contributed by atoms with Crippen LogP contribution in [0.4, 0.5) is 10.5 Å². The number of methoxy groups -OCH3 is 1.